The number of aliphatic hydroxyl groups excluding tert-OH is 1. The van der Waals surface area contributed by atoms with E-state index in [1.807, 2.05) is 0 Å². The van der Waals surface area contributed by atoms with Crippen LogP contribution in [0, 0.1) is 23.2 Å². The van der Waals surface area contributed by atoms with Gasteiger partial charge >= 0.3 is 5.97 Å². The second-order valence-corrected chi connectivity index (χ2v) is 6.78. The lowest BCUT2D eigenvalue weighted by Gasteiger charge is -2.54. The Hall–Kier alpha value is -0.830. The van der Waals surface area contributed by atoms with E-state index in [0.717, 1.165) is 6.42 Å². The molecule has 1 saturated carbocycles. The van der Waals surface area contributed by atoms with Crippen LogP contribution in [0.4, 0.5) is 0 Å². The summed E-state index contributed by atoms with van der Waals surface area (Å²) < 4.78 is 0. The van der Waals surface area contributed by atoms with Crippen LogP contribution in [-0.4, -0.2) is 22.3 Å². The van der Waals surface area contributed by atoms with Gasteiger partial charge in [0.15, 0.2) is 0 Å². The minimum atomic E-state index is -0.878. The zero-order valence-corrected chi connectivity index (χ0v) is 11.5. The molecule has 0 heterocycles. The van der Waals surface area contributed by atoms with Crippen molar-refractivity contribution in [2.24, 2.45) is 23.2 Å². The van der Waals surface area contributed by atoms with Gasteiger partial charge in [0.05, 0.1) is 6.10 Å². The molecule has 3 heteroatoms. The highest BCUT2D eigenvalue weighted by Gasteiger charge is 2.49. The SMILES string of the molecule is C[C@@H]1C[C@H](O)C=C(C(=O)O)CC[C@@H]2[C@H]1CC2(C)C. The summed E-state index contributed by atoms with van der Waals surface area (Å²) in [7, 11) is 0. The van der Waals surface area contributed by atoms with Crippen LogP contribution in [-0.2, 0) is 4.79 Å². The maximum Gasteiger partial charge on any atom is 0.331 e. The number of hydrogen-bond acceptors (Lipinski definition) is 2. The molecule has 0 aromatic heterocycles. The normalized spacial score (nSPS) is 39.4. The number of aliphatic hydroxyl groups is 1. The van der Waals surface area contributed by atoms with Gasteiger partial charge in [0, 0.05) is 5.57 Å². The van der Waals surface area contributed by atoms with Crippen molar-refractivity contribution in [3.63, 3.8) is 0 Å². The number of rotatable bonds is 1. The summed E-state index contributed by atoms with van der Waals surface area (Å²) in [5.41, 5.74) is 0.718. The first-order valence-electron chi connectivity index (χ1n) is 6.93. The molecule has 18 heavy (non-hydrogen) atoms. The van der Waals surface area contributed by atoms with E-state index < -0.39 is 12.1 Å². The monoisotopic (exact) mass is 252 g/mol. The third kappa shape index (κ3) is 2.46. The fraction of sp³-hybridized carbons (Fsp3) is 0.800. The van der Waals surface area contributed by atoms with Gasteiger partial charge in [-0.25, -0.2) is 4.79 Å². The van der Waals surface area contributed by atoms with Crippen LogP contribution in [0.15, 0.2) is 11.6 Å². The molecule has 0 spiro atoms. The van der Waals surface area contributed by atoms with E-state index in [2.05, 4.69) is 20.8 Å². The summed E-state index contributed by atoms with van der Waals surface area (Å²) in [4.78, 5) is 11.1. The number of fused-ring (bicyclic) bond motifs is 1. The fourth-order valence-electron chi connectivity index (χ4n) is 3.95. The summed E-state index contributed by atoms with van der Waals surface area (Å²) in [6.45, 7) is 6.74. The number of aliphatic carboxylic acids is 1. The largest absolute Gasteiger partial charge is 0.478 e. The van der Waals surface area contributed by atoms with E-state index in [1.165, 1.54) is 6.42 Å². The van der Waals surface area contributed by atoms with Crippen molar-refractivity contribution in [2.45, 2.75) is 52.6 Å². The van der Waals surface area contributed by atoms with Crippen LogP contribution in [0.25, 0.3) is 0 Å². The molecule has 2 N–H and O–H groups in total. The van der Waals surface area contributed by atoms with Crippen molar-refractivity contribution < 1.29 is 15.0 Å². The second kappa shape index (κ2) is 4.69. The lowest BCUT2D eigenvalue weighted by atomic mass is 9.51. The molecule has 0 unspecified atom stereocenters. The summed E-state index contributed by atoms with van der Waals surface area (Å²) >= 11 is 0. The average molecular weight is 252 g/mol. The maximum absolute atomic E-state index is 11.1. The Labute approximate surface area is 109 Å². The minimum Gasteiger partial charge on any atom is -0.478 e. The molecule has 0 amide bonds. The summed E-state index contributed by atoms with van der Waals surface area (Å²) in [6.07, 6.45) is 4.36. The maximum atomic E-state index is 11.1. The van der Waals surface area contributed by atoms with Gasteiger partial charge in [0.2, 0.25) is 0 Å². The first-order valence-corrected chi connectivity index (χ1v) is 6.93. The van der Waals surface area contributed by atoms with E-state index in [1.54, 1.807) is 6.08 Å². The summed E-state index contributed by atoms with van der Waals surface area (Å²) in [6, 6.07) is 0. The predicted octanol–water partition coefficient (Wildman–Crippen LogP) is 2.84. The van der Waals surface area contributed by atoms with Gasteiger partial charge in [-0.05, 0) is 54.9 Å². The van der Waals surface area contributed by atoms with Crippen molar-refractivity contribution >= 4 is 5.97 Å². The van der Waals surface area contributed by atoms with Crippen molar-refractivity contribution in [2.75, 3.05) is 0 Å². The molecule has 4 atom stereocenters. The summed E-state index contributed by atoms with van der Waals surface area (Å²) in [5, 5.41) is 19.1. The highest BCUT2D eigenvalue weighted by Crippen LogP contribution is 2.56. The number of hydrogen-bond donors (Lipinski definition) is 2. The van der Waals surface area contributed by atoms with Gasteiger partial charge < -0.3 is 10.2 Å². The van der Waals surface area contributed by atoms with E-state index in [4.69, 9.17) is 5.11 Å². The van der Waals surface area contributed by atoms with E-state index in [9.17, 15) is 9.90 Å². The van der Waals surface area contributed by atoms with Gasteiger partial charge in [-0.3, -0.25) is 0 Å². The first kappa shape index (κ1) is 13.6. The highest BCUT2D eigenvalue weighted by molar-refractivity contribution is 5.86. The molecule has 2 aliphatic carbocycles. The van der Waals surface area contributed by atoms with Crippen LogP contribution in [0.2, 0.25) is 0 Å². The van der Waals surface area contributed by atoms with Crippen molar-refractivity contribution in [1.82, 2.24) is 0 Å². The lowest BCUT2D eigenvalue weighted by molar-refractivity contribution is -0.133. The zero-order valence-electron chi connectivity index (χ0n) is 11.5. The van der Waals surface area contributed by atoms with Crippen molar-refractivity contribution in [3.8, 4) is 0 Å². The number of carbonyl (C=O) groups is 1. The van der Waals surface area contributed by atoms with Gasteiger partial charge in [0.25, 0.3) is 0 Å². The molecular weight excluding hydrogens is 228 g/mol. The highest BCUT2D eigenvalue weighted by atomic mass is 16.4. The predicted molar refractivity (Wildman–Crippen MR) is 70.1 cm³/mol. The van der Waals surface area contributed by atoms with Gasteiger partial charge in [-0.15, -0.1) is 0 Å². The number of carboxylic acids is 1. The van der Waals surface area contributed by atoms with Crippen LogP contribution < -0.4 is 0 Å². The van der Waals surface area contributed by atoms with Crippen molar-refractivity contribution in [1.29, 1.82) is 0 Å². The second-order valence-electron chi connectivity index (χ2n) is 6.78. The lowest BCUT2D eigenvalue weighted by Crippen LogP contribution is -2.47. The molecule has 0 saturated heterocycles. The molecular formula is C15H24O3. The Kier molecular flexibility index (Phi) is 3.54. The Balaban J connectivity index is 2.19. The molecule has 3 nitrogen and oxygen atoms in total. The molecule has 102 valence electrons. The van der Waals surface area contributed by atoms with Gasteiger partial charge in [-0.1, -0.05) is 20.8 Å². The van der Waals surface area contributed by atoms with Crippen LogP contribution in [0.1, 0.15) is 46.5 Å². The molecule has 2 rings (SSSR count). The topological polar surface area (TPSA) is 57.5 Å². The molecule has 0 aromatic rings. The smallest absolute Gasteiger partial charge is 0.331 e. The Morgan fingerprint density at radius 2 is 2.11 bits per heavy atom. The standard InChI is InChI=1S/C15H24O3/c1-9-6-11(16)7-10(14(17)18)4-5-13-12(9)8-15(13,2)3/h7,9,11-13,16H,4-6,8H2,1-3H3,(H,17,18)/t9-,11+,12+,13-/m1/s1. The van der Waals surface area contributed by atoms with E-state index in [-0.39, 0.29) is 0 Å². The van der Waals surface area contributed by atoms with Crippen LogP contribution in [0.5, 0.6) is 0 Å². The first-order chi connectivity index (χ1) is 8.31. The van der Waals surface area contributed by atoms with E-state index in [0.29, 0.717) is 41.6 Å². The van der Waals surface area contributed by atoms with Crippen LogP contribution in [0.3, 0.4) is 0 Å². The third-order valence-corrected chi connectivity index (χ3v) is 5.02. The van der Waals surface area contributed by atoms with Crippen molar-refractivity contribution in [3.05, 3.63) is 11.6 Å². The third-order valence-electron chi connectivity index (χ3n) is 5.02. The Morgan fingerprint density at radius 1 is 1.44 bits per heavy atom. The molecule has 0 radical (unpaired) electrons. The molecule has 1 fully saturated rings. The fourth-order valence-corrected chi connectivity index (χ4v) is 3.95. The van der Waals surface area contributed by atoms with Crippen LogP contribution >= 0.6 is 0 Å². The van der Waals surface area contributed by atoms with E-state index >= 15 is 0 Å². The number of carboxylic acid groups (broad SMARTS) is 1. The Bertz CT molecular complexity index is 370. The summed E-state index contributed by atoms with van der Waals surface area (Å²) in [5.74, 6) is 0.844. The molecule has 0 bridgehead atoms. The quantitative estimate of drug-likeness (QED) is 0.754. The Morgan fingerprint density at radius 3 is 2.67 bits per heavy atom. The minimum absolute atomic E-state index is 0.331. The van der Waals surface area contributed by atoms with Gasteiger partial charge in [-0.2, -0.15) is 0 Å². The molecule has 0 aliphatic heterocycles. The molecule has 0 aromatic carbocycles. The zero-order chi connectivity index (χ0) is 13.5. The molecule has 2 aliphatic rings. The average Bonchev–Trinajstić information content (AvgIpc) is 2.28. The van der Waals surface area contributed by atoms with Gasteiger partial charge in [0.1, 0.15) is 0 Å².